The molecule has 1 aliphatic carbocycles. The van der Waals surface area contributed by atoms with E-state index in [1.165, 1.54) is 25.7 Å². The van der Waals surface area contributed by atoms with Crippen molar-refractivity contribution >= 4 is 15.0 Å². The van der Waals surface area contributed by atoms with Crippen molar-refractivity contribution < 1.29 is 28.9 Å². The minimum Gasteiger partial charge on any atom is -0.481 e. The molecule has 33 heavy (non-hydrogen) atoms. The number of ether oxygens (including phenoxy) is 2. The van der Waals surface area contributed by atoms with Crippen LogP contribution in [0.3, 0.4) is 0 Å². The van der Waals surface area contributed by atoms with Crippen LogP contribution in [0.5, 0.6) is 0 Å². The van der Waals surface area contributed by atoms with Gasteiger partial charge in [-0.2, -0.15) is 0 Å². The maximum absolute atomic E-state index is 10.9. The summed E-state index contributed by atoms with van der Waals surface area (Å²) >= 11 is 0. The maximum atomic E-state index is 10.9. The lowest BCUT2D eigenvalue weighted by atomic mass is 9.85. The summed E-state index contributed by atoms with van der Waals surface area (Å²) in [5, 5.41) is 19.6. The van der Waals surface area contributed by atoms with Gasteiger partial charge in [-0.1, -0.05) is 44.8 Å². The lowest BCUT2D eigenvalue weighted by molar-refractivity contribution is -0.171. The first kappa shape index (κ1) is 28.5. The Kier molecular flexibility index (Phi) is 13.2. The van der Waals surface area contributed by atoms with Crippen molar-refractivity contribution in [2.75, 3.05) is 13.2 Å². The average molecular weight is 484 g/mol. The molecule has 2 aliphatic rings. The number of aliphatic hydroxyl groups is 1. The molecule has 4 atom stereocenters. The molecular weight excluding hydrogens is 436 g/mol. The normalized spacial score (nSPS) is 26.9. The Balaban J connectivity index is 1.94. The van der Waals surface area contributed by atoms with Gasteiger partial charge in [0.2, 0.25) is 0 Å². The number of hydrogen-bond donors (Lipinski definition) is 2. The highest BCUT2D eigenvalue weighted by Gasteiger charge is 2.47. The van der Waals surface area contributed by atoms with Crippen molar-refractivity contribution in [2.45, 2.75) is 121 Å². The number of aliphatic carboxylic acids is 1. The van der Waals surface area contributed by atoms with Gasteiger partial charge in [-0.05, 0) is 43.9 Å². The zero-order chi connectivity index (χ0) is 24.1. The van der Waals surface area contributed by atoms with Crippen molar-refractivity contribution in [1.29, 1.82) is 0 Å². The molecule has 0 unspecified atom stereocenters. The van der Waals surface area contributed by atoms with Gasteiger partial charge in [-0.15, -0.1) is 0 Å². The van der Waals surface area contributed by atoms with E-state index >= 15 is 0 Å². The van der Waals surface area contributed by atoms with Crippen LogP contribution in [-0.2, 0) is 18.7 Å². The van der Waals surface area contributed by atoms with Crippen LogP contribution in [0.15, 0.2) is 12.2 Å². The lowest BCUT2D eigenvalue weighted by Crippen LogP contribution is -2.34. The number of unbranched alkanes of at least 4 members (excludes halogenated alkanes) is 5. The summed E-state index contributed by atoms with van der Waals surface area (Å²) in [5.74, 6) is -0.765. The largest absolute Gasteiger partial charge is 0.481 e. The first-order valence-electron chi connectivity index (χ1n) is 13.2. The van der Waals surface area contributed by atoms with Crippen LogP contribution in [0.1, 0.15) is 90.4 Å². The van der Waals surface area contributed by atoms with E-state index in [0.717, 1.165) is 38.5 Å². The van der Waals surface area contributed by atoms with Crippen LogP contribution in [0.2, 0.25) is 13.1 Å². The van der Waals surface area contributed by atoms with Crippen molar-refractivity contribution in [2.24, 2.45) is 11.8 Å². The van der Waals surface area contributed by atoms with Crippen LogP contribution in [0.4, 0.5) is 0 Å². The Hall–Kier alpha value is -0.733. The Bertz CT molecular complexity index is 575. The summed E-state index contributed by atoms with van der Waals surface area (Å²) in [6.45, 7) is 7.89. The summed E-state index contributed by atoms with van der Waals surface area (Å²) in [6.07, 6.45) is 15.9. The molecule has 0 amide bonds. The van der Waals surface area contributed by atoms with Gasteiger partial charge < -0.3 is 19.7 Å². The third-order valence-electron chi connectivity index (χ3n) is 7.05. The second-order valence-corrected chi connectivity index (χ2v) is 12.1. The number of allylic oxidation sites excluding steroid dienone is 2. The van der Waals surface area contributed by atoms with E-state index in [0.29, 0.717) is 26.1 Å². The van der Waals surface area contributed by atoms with E-state index in [4.69, 9.17) is 19.0 Å². The van der Waals surface area contributed by atoms with Gasteiger partial charge in [0.1, 0.15) is 6.10 Å². The van der Waals surface area contributed by atoms with Gasteiger partial charge in [0.15, 0.2) is 5.79 Å². The summed E-state index contributed by atoms with van der Waals surface area (Å²) in [6, 6.07) is 0. The van der Waals surface area contributed by atoms with Gasteiger partial charge >= 0.3 is 15.0 Å². The van der Waals surface area contributed by atoms with Crippen molar-refractivity contribution in [1.82, 2.24) is 0 Å². The fraction of sp³-hybridized carbons (Fsp3) is 0.885. The molecule has 0 aromatic heterocycles. The fourth-order valence-electron chi connectivity index (χ4n) is 5.36. The molecule has 7 heteroatoms. The Morgan fingerprint density at radius 1 is 1.06 bits per heavy atom. The summed E-state index contributed by atoms with van der Waals surface area (Å²) in [4.78, 5) is 10.7. The summed E-state index contributed by atoms with van der Waals surface area (Å²) < 4.78 is 18.6. The quantitative estimate of drug-likeness (QED) is 0.157. The molecule has 0 spiro atoms. The average Bonchev–Trinajstić information content (AvgIpc) is 3.33. The van der Waals surface area contributed by atoms with Crippen LogP contribution in [-0.4, -0.2) is 56.4 Å². The minimum atomic E-state index is -0.858. The molecule has 0 aromatic carbocycles. The Morgan fingerprint density at radius 2 is 1.79 bits per heavy atom. The lowest BCUT2D eigenvalue weighted by Gasteiger charge is -2.31. The number of carboxylic acid groups (broad SMARTS) is 1. The van der Waals surface area contributed by atoms with Crippen LogP contribution in [0, 0.1) is 11.8 Å². The van der Waals surface area contributed by atoms with E-state index in [1.54, 1.807) is 0 Å². The van der Waals surface area contributed by atoms with Crippen molar-refractivity contribution in [3.8, 4) is 0 Å². The predicted octanol–water partition coefficient (Wildman–Crippen LogP) is 5.70. The smallest absolute Gasteiger partial charge is 0.467 e. The molecule has 1 heterocycles. The third kappa shape index (κ3) is 10.2. The Labute approximate surface area is 202 Å². The van der Waals surface area contributed by atoms with Crippen LogP contribution >= 0.6 is 0 Å². The molecule has 1 saturated carbocycles. The highest BCUT2D eigenvalue weighted by Crippen LogP contribution is 2.43. The molecule has 2 N–H and O–H groups in total. The van der Waals surface area contributed by atoms with E-state index in [2.05, 4.69) is 32.2 Å². The van der Waals surface area contributed by atoms with E-state index < -0.39 is 20.8 Å². The van der Waals surface area contributed by atoms with E-state index in [-0.39, 0.29) is 30.5 Å². The zero-order valence-corrected chi connectivity index (χ0v) is 22.1. The third-order valence-corrected chi connectivity index (χ3v) is 7.83. The molecule has 1 aliphatic heterocycles. The first-order valence-corrected chi connectivity index (χ1v) is 15.6. The molecule has 6 nitrogen and oxygen atoms in total. The molecule has 2 rings (SSSR count). The standard InChI is InChI=1S/C26H46O6Si/c1-4-5-6-9-12-16-26(30-18-19-31-26)17-15-22-21(13-10-7-8-11-14-25(28)29)23(27)20-24(22)32-33(2)3/h7,10,21-24,27H,4-6,8-9,11-20H2,1-3H3/p+1/t21-,22-,23+,24-/m1/s1. The van der Waals surface area contributed by atoms with E-state index in [1.807, 2.05) is 0 Å². The zero-order valence-electron chi connectivity index (χ0n) is 21.1. The van der Waals surface area contributed by atoms with Gasteiger partial charge in [0, 0.05) is 25.7 Å². The van der Waals surface area contributed by atoms with Crippen LogP contribution in [0.25, 0.3) is 0 Å². The SMILES string of the molecule is CCCCCCCC1(CC[C@@H]2[C@@H](CC=CCCCC(=O)O)[C@@H](O)C[C@H]2O[Si+](C)C)OCCO1. The molecular formula is C26H47O6Si+. The van der Waals surface area contributed by atoms with Gasteiger partial charge in [0.05, 0.1) is 32.4 Å². The number of hydrogen-bond acceptors (Lipinski definition) is 5. The molecule has 2 fully saturated rings. The number of rotatable bonds is 17. The highest BCUT2D eigenvalue weighted by atomic mass is 28.3. The fourth-order valence-corrected chi connectivity index (χ4v) is 6.23. The van der Waals surface area contributed by atoms with Crippen molar-refractivity contribution in [3.63, 3.8) is 0 Å². The summed E-state index contributed by atoms with van der Waals surface area (Å²) in [7, 11) is -0.858. The summed E-state index contributed by atoms with van der Waals surface area (Å²) in [5.41, 5.74) is 0. The topological polar surface area (TPSA) is 85.2 Å². The van der Waals surface area contributed by atoms with Crippen molar-refractivity contribution in [3.05, 3.63) is 12.2 Å². The van der Waals surface area contributed by atoms with E-state index in [9.17, 15) is 9.90 Å². The predicted molar refractivity (Wildman–Crippen MR) is 132 cm³/mol. The monoisotopic (exact) mass is 483 g/mol. The Morgan fingerprint density at radius 3 is 2.45 bits per heavy atom. The highest BCUT2D eigenvalue weighted by molar-refractivity contribution is 6.48. The van der Waals surface area contributed by atoms with Gasteiger partial charge in [-0.3, -0.25) is 4.79 Å². The number of carbonyl (C=O) groups is 1. The molecule has 0 bridgehead atoms. The minimum absolute atomic E-state index is 0.0947. The van der Waals surface area contributed by atoms with Gasteiger partial charge in [0.25, 0.3) is 0 Å². The number of aliphatic hydroxyl groups excluding tert-OH is 1. The second-order valence-electron chi connectivity index (χ2n) is 10.00. The van der Waals surface area contributed by atoms with Crippen LogP contribution < -0.4 is 0 Å². The molecule has 0 aromatic rings. The molecule has 1 saturated heterocycles. The maximum Gasteiger partial charge on any atom is 0.467 e. The number of carboxylic acids is 1. The molecule has 0 radical (unpaired) electrons. The van der Waals surface area contributed by atoms with Gasteiger partial charge in [-0.25, -0.2) is 4.43 Å². The second kappa shape index (κ2) is 15.3. The first-order chi connectivity index (χ1) is 15.9. The molecule has 190 valence electrons.